The Kier molecular flexibility index (Phi) is 8.23. The Bertz CT molecular complexity index is 4480. The SMILES string of the molecule is c1ccc(-c2cccc(-c3cccc(-n4c5ccccc5c5c4ccc4c6ccccc6n(-c6cc(-c7ccc8oc9ccccc9c8c7)nc(-c7ccc8oc9ccccc9c8c7)n6)c45)c3)n2)cc1. The quantitative estimate of drug-likeness (QED) is 0.166. The second-order valence-corrected chi connectivity index (χ2v) is 17.9. The van der Waals surface area contributed by atoms with Gasteiger partial charge in [-0.2, -0.15) is 0 Å². The molecule has 0 fully saturated rings. The normalized spacial score (nSPS) is 12.0. The van der Waals surface area contributed by atoms with Crippen molar-refractivity contribution in [1.82, 2.24) is 24.1 Å². The van der Waals surface area contributed by atoms with Crippen LogP contribution in [0.5, 0.6) is 0 Å². The molecule has 0 atom stereocenters. The third-order valence-electron chi connectivity index (χ3n) is 13.9. The van der Waals surface area contributed by atoms with Crippen molar-refractivity contribution >= 4 is 87.5 Å². The molecule has 0 aliphatic rings. The zero-order chi connectivity index (χ0) is 45.9. The van der Waals surface area contributed by atoms with Gasteiger partial charge in [0.2, 0.25) is 0 Å². The van der Waals surface area contributed by atoms with E-state index in [1.54, 1.807) is 0 Å². The van der Waals surface area contributed by atoms with Crippen LogP contribution in [-0.4, -0.2) is 24.1 Å². The van der Waals surface area contributed by atoms with Crippen LogP contribution in [0.15, 0.2) is 233 Å². The smallest absolute Gasteiger partial charge is 0.162 e. The summed E-state index contributed by atoms with van der Waals surface area (Å²) in [6.07, 6.45) is 0. The molecule has 7 nitrogen and oxygen atoms in total. The van der Waals surface area contributed by atoms with Gasteiger partial charge in [-0.05, 0) is 91.0 Å². The highest BCUT2D eigenvalue weighted by Gasteiger charge is 2.23. The van der Waals surface area contributed by atoms with Gasteiger partial charge >= 0.3 is 0 Å². The first kappa shape index (κ1) is 38.5. The molecule has 0 N–H and O–H groups in total. The van der Waals surface area contributed by atoms with Crippen LogP contribution >= 0.6 is 0 Å². The summed E-state index contributed by atoms with van der Waals surface area (Å²) < 4.78 is 17.3. The molecule has 0 spiro atoms. The van der Waals surface area contributed by atoms with Crippen LogP contribution in [0.25, 0.3) is 144 Å². The predicted molar refractivity (Wildman–Crippen MR) is 285 cm³/mol. The van der Waals surface area contributed by atoms with E-state index >= 15 is 0 Å². The minimum Gasteiger partial charge on any atom is -0.456 e. The molecule has 0 aliphatic heterocycles. The van der Waals surface area contributed by atoms with Crippen molar-refractivity contribution in [3.63, 3.8) is 0 Å². The van der Waals surface area contributed by atoms with Crippen LogP contribution in [0.4, 0.5) is 0 Å². The summed E-state index contributed by atoms with van der Waals surface area (Å²) in [5, 5.41) is 8.74. The fraction of sp³-hybridized carbons (Fsp3) is 0. The molecule has 9 aromatic carbocycles. The standard InChI is InChI=1S/C63H37N5O2/c1-2-14-38(15-3-1)50-22-13-23-51(64-50)39-16-12-17-42(34-39)67-54-25-9-5-21-47(54)61-55(67)31-30-46-43-18-4-8-24-53(43)68(62(46)61)60-37-52(40-28-32-58-48(35-40)44-19-6-10-26-56(44)69-58)65-63(66-60)41-29-33-59-49(36-41)45-20-7-11-27-57(45)70-59/h1-37H. The minimum absolute atomic E-state index is 0.610. The van der Waals surface area contributed by atoms with E-state index in [0.717, 1.165) is 138 Å². The first-order valence-electron chi connectivity index (χ1n) is 23.5. The maximum atomic E-state index is 6.29. The highest BCUT2D eigenvalue weighted by Crippen LogP contribution is 2.43. The van der Waals surface area contributed by atoms with E-state index in [4.69, 9.17) is 23.8 Å². The van der Waals surface area contributed by atoms with E-state index in [9.17, 15) is 0 Å². The Labute approximate surface area is 399 Å². The highest BCUT2D eigenvalue weighted by atomic mass is 16.3. The molecule has 7 heteroatoms. The lowest BCUT2D eigenvalue weighted by Gasteiger charge is -2.13. The summed E-state index contributed by atoms with van der Waals surface area (Å²) in [6, 6.07) is 78.4. The van der Waals surface area contributed by atoms with Gasteiger partial charge in [-0.25, -0.2) is 15.0 Å². The van der Waals surface area contributed by atoms with Crippen molar-refractivity contribution in [2.75, 3.05) is 0 Å². The molecule has 0 bridgehead atoms. The van der Waals surface area contributed by atoms with Crippen molar-refractivity contribution in [3.8, 4) is 56.7 Å². The van der Waals surface area contributed by atoms with E-state index in [2.05, 4.69) is 191 Å². The lowest BCUT2D eigenvalue weighted by molar-refractivity contribution is 0.668. The number of furan rings is 2. The molecule has 0 amide bonds. The molecule has 6 heterocycles. The number of fused-ring (bicyclic) bond motifs is 13. The van der Waals surface area contributed by atoms with Crippen molar-refractivity contribution in [1.29, 1.82) is 0 Å². The lowest BCUT2D eigenvalue weighted by Crippen LogP contribution is -2.03. The topological polar surface area (TPSA) is 74.8 Å². The van der Waals surface area contributed by atoms with Gasteiger partial charge in [0.15, 0.2) is 5.82 Å². The third kappa shape index (κ3) is 5.85. The number of para-hydroxylation sites is 4. The van der Waals surface area contributed by atoms with Crippen LogP contribution in [-0.2, 0) is 0 Å². The Morgan fingerprint density at radius 3 is 1.63 bits per heavy atom. The summed E-state index contributed by atoms with van der Waals surface area (Å²) in [7, 11) is 0. The van der Waals surface area contributed by atoms with Crippen molar-refractivity contribution in [2.24, 2.45) is 0 Å². The van der Waals surface area contributed by atoms with E-state index in [1.807, 2.05) is 42.5 Å². The molecule has 0 aliphatic carbocycles. The maximum Gasteiger partial charge on any atom is 0.162 e. The number of hydrogen-bond acceptors (Lipinski definition) is 5. The van der Waals surface area contributed by atoms with Crippen molar-refractivity contribution < 1.29 is 8.83 Å². The molecular formula is C63H37N5O2. The highest BCUT2D eigenvalue weighted by molar-refractivity contribution is 6.26. The largest absolute Gasteiger partial charge is 0.456 e. The molecule has 0 saturated heterocycles. The van der Waals surface area contributed by atoms with E-state index in [0.29, 0.717) is 5.82 Å². The molecule has 70 heavy (non-hydrogen) atoms. The average Bonchev–Trinajstić information content (AvgIpc) is 4.18. The fourth-order valence-corrected chi connectivity index (χ4v) is 10.8. The summed E-state index contributed by atoms with van der Waals surface area (Å²) in [5.74, 6) is 1.37. The van der Waals surface area contributed by atoms with Gasteiger partial charge in [0.25, 0.3) is 0 Å². The van der Waals surface area contributed by atoms with Crippen molar-refractivity contribution in [3.05, 3.63) is 224 Å². The number of nitrogens with zero attached hydrogens (tertiary/aromatic N) is 5. The molecule has 0 saturated carbocycles. The van der Waals surface area contributed by atoms with E-state index in [1.165, 1.54) is 0 Å². The number of rotatable bonds is 6. The molecule has 15 rings (SSSR count). The number of hydrogen-bond donors (Lipinski definition) is 0. The predicted octanol–water partition coefficient (Wildman–Crippen LogP) is 16.5. The Morgan fingerprint density at radius 2 is 0.871 bits per heavy atom. The molecule has 326 valence electrons. The van der Waals surface area contributed by atoms with Gasteiger partial charge in [-0.3, -0.25) is 4.57 Å². The van der Waals surface area contributed by atoms with Gasteiger partial charge in [0.05, 0.1) is 39.1 Å². The number of pyridine rings is 1. The maximum absolute atomic E-state index is 6.29. The summed E-state index contributed by atoms with van der Waals surface area (Å²) in [4.78, 5) is 16.1. The number of benzene rings is 9. The third-order valence-corrected chi connectivity index (χ3v) is 13.9. The fourth-order valence-electron chi connectivity index (χ4n) is 10.8. The number of aromatic nitrogens is 5. The Morgan fingerprint density at radius 1 is 0.300 bits per heavy atom. The zero-order valence-electron chi connectivity index (χ0n) is 37.4. The molecule has 6 aromatic heterocycles. The van der Waals surface area contributed by atoms with Crippen molar-refractivity contribution in [2.45, 2.75) is 0 Å². The first-order chi connectivity index (χ1) is 34.7. The van der Waals surface area contributed by atoms with Crippen LogP contribution in [0.2, 0.25) is 0 Å². The molecule has 15 aromatic rings. The van der Waals surface area contributed by atoms with Crippen LogP contribution < -0.4 is 0 Å². The molecule has 0 radical (unpaired) electrons. The first-order valence-corrected chi connectivity index (χ1v) is 23.5. The van der Waals surface area contributed by atoms with Gasteiger partial charge in [0, 0.05) is 77.1 Å². The Hall–Kier alpha value is -9.59. The average molecular weight is 896 g/mol. The van der Waals surface area contributed by atoms with Gasteiger partial charge in [-0.1, -0.05) is 127 Å². The van der Waals surface area contributed by atoms with Crippen LogP contribution in [0, 0.1) is 0 Å². The molecular weight excluding hydrogens is 859 g/mol. The lowest BCUT2D eigenvalue weighted by atomic mass is 10.1. The van der Waals surface area contributed by atoms with Gasteiger partial charge in [0.1, 0.15) is 28.1 Å². The monoisotopic (exact) mass is 895 g/mol. The summed E-state index contributed by atoms with van der Waals surface area (Å²) in [5.41, 5.74) is 15.4. The summed E-state index contributed by atoms with van der Waals surface area (Å²) in [6.45, 7) is 0. The zero-order valence-corrected chi connectivity index (χ0v) is 37.4. The van der Waals surface area contributed by atoms with E-state index < -0.39 is 0 Å². The van der Waals surface area contributed by atoms with Gasteiger partial charge in [-0.15, -0.1) is 0 Å². The Balaban J connectivity index is 0.988. The van der Waals surface area contributed by atoms with Gasteiger partial charge < -0.3 is 13.4 Å². The van der Waals surface area contributed by atoms with Crippen LogP contribution in [0.3, 0.4) is 0 Å². The minimum atomic E-state index is 0.610. The van der Waals surface area contributed by atoms with Crippen LogP contribution in [0.1, 0.15) is 0 Å². The second kappa shape index (κ2) is 15.0. The van der Waals surface area contributed by atoms with E-state index in [-0.39, 0.29) is 0 Å². The molecule has 0 unspecified atom stereocenters. The summed E-state index contributed by atoms with van der Waals surface area (Å²) >= 11 is 0. The second-order valence-electron chi connectivity index (χ2n) is 17.9.